The van der Waals surface area contributed by atoms with Crippen molar-refractivity contribution in [3.63, 3.8) is 0 Å². The highest BCUT2D eigenvalue weighted by Gasteiger charge is 2.13. The summed E-state index contributed by atoms with van der Waals surface area (Å²) in [5, 5.41) is 0. The van der Waals surface area contributed by atoms with E-state index in [1.54, 1.807) is 14.2 Å². The van der Waals surface area contributed by atoms with E-state index in [1.807, 2.05) is 30.3 Å². The maximum atomic E-state index is 6.31. The van der Waals surface area contributed by atoms with E-state index in [0.29, 0.717) is 0 Å². The number of halogens is 1. The van der Waals surface area contributed by atoms with Crippen molar-refractivity contribution >= 4 is 15.9 Å². The van der Waals surface area contributed by atoms with Gasteiger partial charge < -0.3 is 15.2 Å². The first kappa shape index (κ1) is 14.9. The fourth-order valence-electron chi connectivity index (χ4n) is 2.15. The van der Waals surface area contributed by atoms with E-state index in [1.165, 1.54) is 5.56 Å². The molecule has 2 aromatic carbocycles. The minimum absolute atomic E-state index is 0.120. The molecule has 0 aromatic heterocycles. The molecule has 4 heteroatoms. The van der Waals surface area contributed by atoms with Gasteiger partial charge in [-0.1, -0.05) is 34.1 Å². The van der Waals surface area contributed by atoms with E-state index >= 15 is 0 Å². The second-order valence-corrected chi connectivity index (χ2v) is 5.46. The van der Waals surface area contributed by atoms with Crippen LogP contribution in [0.2, 0.25) is 0 Å². The number of hydrogen-bond donors (Lipinski definition) is 1. The van der Waals surface area contributed by atoms with Crippen molar-refractivity contribution in [2.24, 2.45) is 5.73 Å². The summed E-state index contributed by atoms with van der Waals surface area (Å²) >= 11 is 3.47. The van der Waals surface area contributed by atoms with Crippen molar-refractivity contribution < 1.29 is 9.47 Å². The number of rotatable bonds is 5. The fraction of sp³-hybridized carbons (Fsp3) is 0.250. The Morgan fingerprint density at radius 1 is 1.10 bits per heavy atom. The summed E-state index contributed by atoms with van der Waals surface area (Å²) < 4.78 is 11.7. The van der Waals surface area contributed by atoms with Gasteiger partial charge in [0.2, 0.25) is 0 Å². The number of hydrogen-bond acceptors (Lipinski definition) is 3. The maximum Gasteiger partial charge on any atom is 0.127 e. The molecule has 0 saturated carbocycles. The monoisotopic (exact) mass is 335 g/mol. The molecule has 0 amide bonds. The van der Waals surface area contributed by atoms with E-state index < -0.39 is 0 Å². The Labute approximate surface area is 127 Å². The summed E-state index contributed by atoms with van der Waals surface area (Å²) in [5.74, 6) is 1.52. The quantitative estimate of drug-likeness (QED) is 0.905. The molecule has 0 aliphatic rings. The molecule has 0 saturated heterocycles. The number of ether oxygens (including phenoxy) is 2. The van der Waals surface area contributed by atoms with E-state index in [9.17, 15) is 0 Å². The smallest absolute Gasteiger partial charge is 0.127 e. The van der Waals surface area contributed by atoms with Crippen LogP contribution in [0, 0.1) is 0 Å². The summed E-state index contributed by atoms with van der Waals surface area (Å²) in [6.07, 6.45) is 0.752. The topological polar surface area (TPSA) is 44.5 Å². The molecule has 0 fully saturated rings. The highest BCUT2D eigenvalue weighted by Crippen LogP contribution is 2.30. The first-order valence-corrected chi connectivity index (χ1v) is 7.15. The molecule has 106 valence electrons. The fourth-order valence-corrected chi connectivity index (χ4v) is 2.60. The Kier molecular flexibility index (Phi) is 5.04. The van der Waals surface area contributed by atoms with Gasteiger partial charge in [0.25, 0.3) is 0 Å². The van der Waals surface area contributed by atoms with E-state index in [4.69, 9.17) is 15.2 Å². The van der Waals surface area contributed by atoms with Crippen LogP contribution in [-0.2, 0) is 6.42 Å². The second kappa shape index (κ2) is 6.77. The van der Waals surface area contributed by atoms with Gasteiger partial charge in [-0.05, 0) is 30.2 Å². The van der Waals surface area contributed by atoms with Crippen molar-refractivity contribution in [3.8, 4) is 11.5 Å². The highest BCUT2D eigenvalue weighted by atomic mass is 79.9. The lowest BCUT2D eigenvalue weighted by atomic mass is 9.99. The van der Waals surface area contributed by atoms with Gasteiger partial charge in [-0.25, -0.2) is 0 Å². The summed E-state index contributed by atoms with van der Waals surface area (Å²) in [6.45, 7) is 0. The summed E-state index contributed by atoms with van der Waals surface area (Å²) in [5.41, 5.74) is 8.47. The minimum atomic E-state index is -0.120. The van der Waals surface area contributed by atoms with Crippen LogP contribution in [-0.4, -0.2) is 14.2 Å². The van der Waals surface area contributed by atoms with Gasteiger partial charge in [0.05, 0.1) is 14.2 Å². The predicted molar refractivity (Wildman–Crippen MR) is 84.3 cm³/mol. The van der Waals surface area contributed by atoms with Gasteiger partial charge in [-0.2, -0.15) is 0 Å². The zero-order chi connectivity index (χ0) is 14.5. The van der Waals surface area contributed by atoms with E-state index in [-0.39, 0.29) is 6.04 Å². The standard InChI is InChI=1S/C16H18BrNO2/c1-19-13-6-7-14(16(10-13)20-2)15(18)9-11-4-3-5-12(17)8-11/h3-8,10,15H,9,18H2,1-2H3. The lowest BCUT2D eigenvalue weighted by Gasteiger charge is -2.17. The van der Waals surface area contributed by atoms with Crippen molar-refractivity contribution in [3.05, 3.63) is 58.1 Å². The Balaban J connectivity index is 2.22. The molecule has 0 aliphatic heterocycles. The van der Waals surface area contributed by atoms with Crippen molar-refractivity contribution in [1.82, 2.24) is 0 Å². The maximum absolute atomic E-state index is 6.31. The zero-order valence-corrected chi connectivity index (χ0v) is 13.2. The molecule has 0 aliphatic carbocycles. The molecule has 20 heavy (non-hydrogen) atoms. The first-order valence-electron chi connectivity index (χ1n) is 6.36. The number of benzene rings is 2. The lowest BCUT2D eigenvalue weighted by molar-refractivity contribution is 0.388. The third-order valence-electron chi connectivity index (χ3n) is 3.18. The van der Waals surface area contributed by atoms with E-state index in [0.717, 1.165) is 28.0 Å². The molecule has 2 N–H and O–H groups in total. The SMILES string of the molecule is COc1ccc(C(N)Cc2cccc(Br)c2)c(OC)c1. The summed E-state index contributed by atoms with van der Waals surface area (Å²) in [6, 6.07) is 13.8. The second-order valence-electron chi connectivity index (χ2n) is 4.55. The Morgan fingerprint density at radius 3 is 2.55 bits per heavy atom. The molecule has 1 unspecified atom stereocenters. The van der Waals surface area contributed by atoms with Crippen molar-refractivity contribution in [1.29, 1.82) is 0 Å². The van der Waals surface area contributed by atoms with Crippen LogP contribution in [0.1, 0.15) is 17.2 Å². The van der Waals surface area contributed by atoms with Crippen LogP contribution in [0.25, 0.3) is 0 Å². The van der Waals surface area contributed by atoms with Crippen molar-refractivity contribution in [2.75, 3.05) is 14.2 Å². The molecule has 0 bridgehead atoms. The van der Waals surface area contributed by atoms with Gasteiger partial charge in [0.15, 0.2) is 0 Å². The zero-order valence-electron chi connectivity index (χ0n) is 11.6. The van der Waals surface area contributed by atoms with Gasteiger partial charge in [-0.3, -0.25) is 0 Å². The first-order chi connectivity index (χ1) is 9.63. The van der Waals surface area contributed by atoms with Gasteiger partial charge in [0.1, 0.15) is 11.5 Å². The highest BCUT2D eigenvalue weighted by molar-refractivity contribution is 9.10. The van der Waals surface area contributed by atoms with Gasteiger partial charge in [0, 0.05) is 22.1 Å². The molecule has 2 rings (SSSR count). The van der Waals surface area contributed by atoms with E-state index in [2.05, 4.69) is 28.1 Å². The Hall–Kier alpha value is -1.52. The summed E-state index contributed by atoms with van der Waals surface area (Å²) in [7, 11) is 3.28. The van der Waals surface area contributed by atoms with Gasteiger partial charge >= 0.3 is 0 Å². The molecule has 0 heterocycles. The van der Waals surface area contributed by atoms with Crippen molar-refractivity contribution in [2.45, 2.75) is 12.5 Å². The van der Waals surface area contributed by atoms with Gasteiger partial charge in [-0.15, -0.1) is 0 Å². The van der Waals surface area contributed by atoms with Crippen LogP contribution in [0.4, 0.5) is 0 Å². The third kappa shape index (κ3) is 3.52. The van der Waals surface area contributed by atoms with Crippen LogP contribution in [0.5, 0.6) is 11.5 Å². The molecule has 0 spiro atoms. The summed E-state index contributed by atoms with van der Waals surface area (Å²) in [4.78, 5) is 0. The minimum Gasteiger partial charge on any atom is -0.497 e. The van der Waals surface area contributed by atoms with Crippen LogP contribution >= 0.6 is 15.9 Å². The molecular formula is C16H18BrNO2. The number of nitrogens with two attached hydrogens (primary N) is 1. The third-order valence-corrected chi connectivity index (χ3v) is 3.68. The lowest BCUT2D eigenvalue weighted by Crippen LogP contribution is -2.14. The largest absolute Gasteiger partial charge is 0.497 e. The van der Waals surface area contributed by atoms with Crippen LogP contribution in [0.3, 0.4) is 0 Å². The molecular weight excluding hydrogens is 318 g/mol. The molecule has 1 atom stereocenters. The average Bonchev–Trinajstić information content (AvgIpc) is 2.46. The van der Waals surface area contributed by atoms with Crippen LogP contribution < -0.4 is 15.2 Å². The Morgan fingerprint density at radius 2 is 1.90 bits per heavy atom. The van der Waals surface area contributed by atoms with Crippen LogP contribution in [0.15, 0.2) is 46.9 Å². The molecule has 2 aromatic rings. The molecule has 0 radical (unpaired) electrons. The Bertz CT molecular complexity index is 586. The average molecular weight is 336 g/mol. The predicted octanol–water partition coefficient (Wildman–Crippen LogP) is 3.71. The number of methoxy groups -OCH3 is 2. The molecule has 3 nitrogen and oxygen atoms in total. The normalized spacial score (nSPS) is 12.0.